The smallest absolute Gasteiger partial charge is 0.115 e. The molecule has 1 aromatic carbocycles. The molecule has 0 fully saturated rings. The Balaban J connectivity index is 2.29. The van der Waals surface area contributed by atoms with E-state index in [0.717, 1.165) is 17.5 Å². The van der Waals surface area contributed by atoms with E-state index in [9.17, 15) is 4.39 Å². The number of dihydropyridines is 1. The predicted octanol–water partition coefficient (Wildman–Crippen LogP) is 3.40. The van der Waals surface area contributed by atoms with Crippen molar-refractivity contribution in [2.75, 3.05) is 0 Å². The second-order valence-electron chi connectivity index (χ2n) is 4.01. The molecule has 1 aromatic rings. The van der Waals surface area contributed by atoms with Crippen LogP contribution in [-0.2, 0) is 12.2 Å². The van der Waals surface area contributed by atoms with Crippen molar-refractivity contribution >= 4 is 6.21 Å². The van der Waals surface area contributed by atoms with E-state index in [1.165, 1.54) is 0 Å². The van der Waals surface area contributed by atoms with Gasteiger partial charge in [0.1, 0.15) is 6.67 Å². The van der Waals surface area contributed by atoms with Crippen LogP contribution < -0.4 is 0 Å². The minimum absolute atomic E-state index is 0.177. The third-order valence-corrected chi connectivity index (χ3v) is 2.83. The van der Waals surface area contributed by atoms with E-state index in [0.29, 0.717) is 0 Å². The molecule has 1 heterocycles. The largest absolute Gasteiger partial charge is 0.282 e. The second-order valence-corrected chi connectivity index (χ2v) is 4.01. The number of benzene rings is 1. The molecule has 0 bridgehead atoms. The Hall–Kier alpha value is -1.44. The lowest BCUT2D eigenvalue weighted by molar-refractivity contribution is 0.482. The average Bonchev–Trinajstić information content (AvgIpc) is 2.30. The van der Waals surface area contributed by atoms with Crippen LogP contribution in [0.3, 0.4) is 0 Å². The number of nitrogens with zero attached hydrogens (tertiary/aromatic N) is 1. The van der Waals surface area contributed by atoms with Crippen molar-refractivity contribution in [2.24, 2.45) is 4.99 Å². The maximum Gasteiger partial charge on any atom is 0.115 e. The zero-order valence-corrected chi connectivity index (χ0v) is 8.78. The molecule has 0 aliphatic carbocycles. The Kier molecular flexibility index (Phi) is 2.67. The number of hydrogen-bond acceptors (Lipinski definition) is 1. The van der Waals surface area contributed by atoms with Gasteiger partial charge in [0.25, 0.3) is 0 Å². The SMILES string of the molecule is CC1(c2ccc(CF)cc2)CC=CC=N1. The number of rotatable bonds is 2. The number of aliphatic imine (C=N–C) groups is 1. The molecule has 0 aromatic heterocycles. The highest BCUT2D eigenvalue weighted by Gasteiger charge is 2.24. The van der Waals surface area contributed by atoms with E-state index in [1.54, 1.807) is 0 Å². The van der Waals surface area contributed by atoms with Crippen LogP contribution in [0.1, 0.15) is 24.5 Å². The minimum Gasteiger partial charge on any atom is -0.282 e. The van der Waals surface area contributed by atoms with Gasteiger partial charge in [-0.05, 0) is 30.5 Å². The molecule has 2 heteroatoms. The van der Waals surface area contributed by atoms with Crippen molar-refractivity contribution in [3.8, 4) is 0 Å². The molecule has 0 amide bonds. The van der Waals surface area contributed by atoms with E-state index < -0.39 is 6.67 Å². The third kappa shape index (κ3) is 1.99. The van der Waals surface area contributed by atoms with Crippen LogP contribution >= 0.6 is 0 Å². The maximum atomic E-state index is 12.4. The van der Waals surface area contributed by atoms with Crippen LogP contribution in [0, 0.1) is 0 Å². The zero-order valence-electron chi connectivity index (χ0n) is 8.78. The summed E-state index contributed by atoms with van der Waals surface area (Å²) in [4.78, 5) is 4.48. The lowest BCUT2D eigenvalue weighted by atomic mass is 9.87. The highest BCUT2D eigenvalue weighted by Crippen LogP contribution is 2.31. The molecule has 0 saturated carbocycles. The van der Waals surface area contributed by atoms with Crippen LogP contribution in [-0.4, -0.2) is 6.21 Å². The van der Waals surface area contributed by atoms with E-state index in [2.05, 4.69) is 18.0 Å². The second kappa shape index (κ2) is 3.97. The van der Waals surface area contributed by atoms with Gasteiger partial charge >= 0.3 is 0 Å². The van der Waals surface area contributed by atoms with E-state index in [-0.39, 0.29) is 5.54 Å². The van der Waals surface area contributed by atoms with Gasteiger partial charge in [0.2, 0.25) is 0 Å². The lowest BCUT2D eigenvalue weighted by Crippen LogP contribution is -2.20. The summed E-state index contributed by atoms with van der Waals surface area (Å²) in [7, 11) is 0. The molecular formula is C13H14FN. The summed E-state index contributed by atoms with van der Waals surface area (Å²) in [5.74, 6) is 0. The standard InChI is InChI=1S/C13H14FN/c1-13(8-2-3-9-15-13)12-6-4-11(10-14)5-7-12/h2-7,9H,8,10H2,1H3. The molecule has 15 heavy (non-hydrogen) atoms. The lowest BCUT2D eigenvalue weighted by Gasteiger charge is -2.26. The first kappa shape index (κ1) is 10.1. The highest BCUT2D eigenvalue weighted by atomic mass is 19.1. The van der Waals surface area contributed by atoms with Gasteiger partial charge in [-0.2, -0.15) is 0 Å². The summed E-state index contributed by atoms with van der Waals surface area (Å²) in [6.45, 7) is 1.69. The Bertz CT molecular complexity index is 392. The van der Waals surface area contributed by atoms with Gasteiger partial charge < -0.3 is 0 Å². The number of hydrogen-bond donors (Lipinski definition) is 0. The van der Waals surface area contributed by atoms with Crippen molar-refractivity contribution in [2.45, 2.75) is 25.6 Å². The van der Waals surface area contributed by atoms with Crippen LogP contribution in [0.2, 0.25) is 0 Å². The fourth-order valence-electron chi connectivity index (χ4n) is 1.76. The first-order valence-electron chi connectivity index (χ1n) is 5.10. The first-order valence-corrected chi connectivity index (χ1v) is 5.10. The van der Waals surface area contributed by atoms with Gasteiger partial charge in [0, 0.05) is 6.21 Å². The van der Waals surface area contributed by atoms with Gasteiger partial charge in [0.05, 0.1) is 5.54 Å². The van der Waals surface area contributed by atoms with E-state index in [4.69, 9.17) is 0 Å². The summed E-state index contributed by atoms with van der Waals surface area (Å²) in [6.07, 6.45) is 6.79. The van der Waals surface area contributed by atoms with Gasteiger partial charge in [-0.3, -0.25) is 4.99 Å². The molecule has 1 aliphatic rings. The first-order chi connectivity index (χ1) is 7.24. The van der Waals surface area contributed by atoms with Crippen LogP contribution in [0.4, 0.5) is 4.39 Å². The fourth-order valence-corrected chi connectivity index (χ4v) is 1.76. The molecule has 1 nitrogen and oxygen atoms in total. The molecule has 0 N–H and O–H groups in total. The van der Waals surface area contributed by atoms with Crippen LogP contribution in [0.5, 0.6) is 0 Å². The maximum absolute atomic E-state index is 12.4. The van der Waals surface area contributed by atoms with E-state index >= 15 is 0 Å². The van der Waals surface area contributed by atoms with Crippen molar-refractivity contribution in [3.05, 3.63) is 47.5 Å². The number of alkyl halides is 1. The molecule has 1 unspecified atom stereocenters. The normalized spacial score (nSPS) is 24.4. The zero-order chi connectivity index (χ0) is 10.7. The molecule has 0 radical (unpaired) electrons. The molecular weight excluding hydrogens is 189 g/mol. The monoisotopic (exact) mass is 203 g/mol. The minimum atomic E-state index is -0.403. The fraction of sp³-hybridized carbons (Fsp3) is 0.308. The van der Waals surface area contributed by atoms with Crippen molar-refractivity contribution < 1.29 is 4.39 Å². The van der Waals surface area contributed by atoms with Crippen molar-refractivity contribution in [1.29, 1.82) is 0 Å². The Morgan fingerprint density at radius 1 is 1.33 bits per heavy atom. The Morgan fingerprint density at radius 2 is 2.07 bits per heavy atom. The van der Waals surface area contributed by atoms with Crippen molar-refractivity contribution in [1.82, 2.24) is 0 Å². The van der Waals surface area contributed by atoms with E-state index in [1.807, 2.05) is 36.6 Å². The van der Waals surface area contributed by atoms with Gasteiger partial charge in [-0.15, -0.1) is 0 Å². The van der Waals surface area contributed by atoms with Crippen LogP contribution in [0.25, 0.3) is 0 Å². The third-order valence-electron chi connectivity index (χ3n) is 2.83. The summed E-state index contributed by atoms with van der Waals surface area (Å²) in [5, 5.41) is 0. The van der Waals surface area contributed by atoms with Crippen LogP contribution in [0.15, 0.2) is 41.4 Å². The molecule has 2 rings (SSSR count). The molecule has 78 valence electrons. The Labute approximate surface area is 89.4 Å². The summed E-state index contributed by atoms with van der Waals surface area (Å²) in [5.41, 5.74) is 1.68. The summed E-state index contributed by atoms with van der Waals surface area (Å²) >= 11 is 0. The number of halogens is 1. The number of allylic oxidation sites excluding steroid dienone is 1. The molecule has 0 spiro atoms. The quantitative estimate of drug-likeness (QED) is 0.698. The Morgan fingerprint density at radius 3 is 2.60 bits per heavy atom. The van der Waals surface area contributed by atoms with Gasteiger partial charge in [0.15, 0.2) is 0 Å². The van der Waals surface area contributed by atoms with Gasteiger partial charge in [-0.25, -0.2) is 4.39 Å². The van der Waals surface area contributed by atoms with Gasteiger partial charge in [-0.1, -0.05) is 30.3 Å². The molecule has 0 saturated heterocycles. The summed E-state index contributed by atoms with van der Waals surface area (Å²) < 4.78 is 12.4. The topological polar surface area (TPSA) is 12.4 Å². The molecule has 1 aliphatic heterocycles. The van der Waals surface area contributed by atoms with Crippen molar-refractivity contribution in [3.63, 3.8) is 0 Å². The highest BCUT2D eigenvalue weighted by molar-refractivity contribution is 5.72. The summed E-state index contributed by atoms with van der Waals surface area (Å²) in [6, 6.07) is 7.58. The molecule has 1 atom stereocenters. The predicted molar refractivity (Wildman–Crippen MR) is 60.9 cm³/mol. The average molecular weight is 203 g/mol.